The van der Waals surface area contributed by atoms with Crippen molar-refractivity contribution in [2.24, 2.45) is 10.6 Å². The van der Waals surface area contributed by atoms with E-state index in [1.807, 2.05) is 16.9 Å². The first-order chi connectivity index (χ1) is 21.1. The van der Waals surface area contributed by atoms with E-state index in [9.17, 15) is 18.0 Å². The molecule has 4 heterocycles. The minimum atomic E-state index is -4.22. The van der Waals surface area contributed by atoms with Crippen LogP contribution in [-0.4, -0.2) is 62.0 Å². The molecule has 4 atom stereocenters. The predicted octanol–water partition coefficient (Wildman–Crippen LogP) is 3.75. The van der Waals surface area contributed by atoms with Gasteiger partial charge in [0.25, 0.3) is 16.1 Å². The highest BCUT2D eigenvalue weighted by molar-refractivity contribution is 7.87. The summed E-state index contributed by atoms with van der Waals surface area (Å²) in [5.41, 5.74) is 5.13. The lowest BCUT2D eigenvalue weighted by Crippen LogP contribution is -2.55. The number of amides is 2. The minimum absolute atomic E-state index is 0.0654. The number of benzene rings is 2. The summed E-state index contributed by atoms with van der Waals surface area (Å²) in [6.07, 6.45) is 8.69. The number of likely N-dealkylation sites (tertiary alicyclic amines) is 1. The summed E-state index contributed by atoms with van der Waals surface area (Å²) in [5.74, 6) is 0.644. The Morgan fingerprint density at radius 1 is 1.02 bits per heavy atom. The molecule has 11 heteroatoms. The van der Waals surface area contributed by atoms with E-state index in [4.69, 9.17) is 9.88 Å². The normalized spacial score (nSPS) is 27.7. The number of ether oxygens (including phenoxy) is 1. The van der Waals surface area contributed by atoms with Gasteiger partial charge in [0, 0.05) is 59.7 Å². The summed E-state index contributed by atoms with van der Waals surface area (Å²) in [7, 11) is -2.54. The fraction of sp³-hybridized carbons (Fsp3) is 0.515. The summed E-state index contributed by atoms with van der Waals surface area (Å²) < 4.78 is 33.3. The Morgan fingerprint density at radius 2 is 1.77 bits per heavy atom. The molecule has 1 aromatic heterocycles. The number of aromatic nitrogens is 1. The third-order valence-electron chi connectivity index (χ3n) is 10.9. The van der Waals surface area contributed by atoms with Crippen molar-refractivity contribution in [3.63, 3.8) is 0 Å². The van der Waals surface area contributed by atoms with Crippen molar-refractivity contribution in [1.82, 2.24) is 19.5 Å². The lowest BCUT2D eigenvalue weighted by Gasteiger charge is -2.36. The first kappa shape index (κ1) is 28.1. The second kappa shape index (κ2) is 10.1. The van der Waals surface area contributed by atoms with Crippen molar-refractivity contribution < 1.29 is 22.7 Å². The zero-order chi connectivity index (χ0) is 30.4. The highest BCUT2D eigenvalue weighted by atomic mass is 32.2. The van der Waals surface area contributed by atoms with Gasteiger partial charge in [-0.25, -0.2) is 9.86 Å². The Balaban J connectivity index is 1.33. The van der Waals surface area contributed by atoms with Gasteiger partial charge in [0.1, 0.15) is 5.75 Å². The molecule has 8 rings (SSSR count). The molecule has 2 amide bonds. The van der Waals surface area contributed by atoms with Crippen LogP contribution in [0.5, 0.6) is 5.75 Å². The van der Waals surface area contributed by atoms with Crippen molar-refractivity contribution in [2.75, 3.05) is 20.2 Å². The van der Waals surface area contributed by atoms with Gasteiger partial charge in [-0.05, 0) is 79.5 Å². The van der Waals surface area contributed by atoms with E-state index in [0.29, 0.717) is 24.5 Å². The topological polar surface area (TPSA) is 136 Å². The van der Waals surface area contributed by atoms with Crippen molar-refractivity contribution >= 4 is 32.9 Å². The van der Waals surface area contributed by atoms with Gasteiger partial charge in [0.15, 0.2) is 0 Å². The molecule has 4 fully saturated rings. The van der Waals surface area contributed by atoms with Gasteiger partial charge < -0.3 is 19.5 Å². The van der Waals surface area contributed by atoms with E-state index in [1.165, 1.54) is 12.0 Å². The van der Waals surface area contributed by atoms with Crippen LogP contribution in [-0.2, 0) is 21.5 Å². The number of nitrogens with one attached hydrogen (secondary N) is 2. The van der Waals surface area contributed by atoms with Crippen molar-refractivity contribution in [3.05, 3.63) is 53.1 Å². The second-order valence-electron chi connectivity index (χ2n) is 13.6. The van der Waals surface area contributed by atoms with Crippen molar-refractivity contribution in [2.45, 2.75) is 81.8 Å². The molecule has 0 spiro atoms. The van der Waals surface area contributed by atoms with Crippen LogP contribution in [0.25, 0.3) is 22.2 Å². The molecule has 3 aliphatic heterocycles. The fourth-order valence-electron chi connectivity index (χ4n) is 8.89. The van der Waals surface area contributed by atoms with Gasteiger partial charge in [0.05, 0.1) is 18.2 Å². The van der Waals surface area contributed by atoms with Gasteiger partial charge in [-0.1, -0.05) is 25.3 Å². The van der Waals surface area contributed by atoms with Gasteiger partial charge in [-0.15, -0.1) is 0 Å². The molecule has 232 valence electrons. The van der Waals surface area contributed by atoms with Gasteiger partial charge >= 0.3 is 0 Å². The summed E-state index contributed by atoms with van der Waals surface area (Å²) in [6.45, 7) is 1.98. The molecule has 2 saturated carbocycles. The Labute approximate surface area is 257 Å². The van der Waals surface area contributed by atoms with Crippen LogP contribution in [0.3, 0.4) is 0 Å². The van der Waals surface area contributed by atoms with Crippen LogP contribution in [0.4, 0.5) is 0 Å². The number of fused-ring (bicyclic) bond motifs is 9. The quantitative estimate of drug-likeness (QED) is 0.399. The van der Waals surface area contributed by atoms with Gasteiger partial charge in [-0.2, -0.15) is 8.42 Å². The molecule has 2 saturated heterocycles. The van der Waals surface area contributed by atoms with E-state index in [0.717, 1.165) is 91.5 Å². The number of hydrogen-bond donors (Lipinski definition) is 3. The Bertz CT molecular complexity index is 1800. The van der Waals surface area contributed by atoms with Crippen LogP contribution in [0.1, 0.15) is 84.7 Å². The zero-order valence-electron chi connectivity index (χ0n) is 25.0. The van der Waals surface area contributed by atoms with Crippen LogP contribution in [0.2, 0.25) is 0 Å². The van der Waals surface area contributed by atoms with Gasteiger partial charge in [0.2, 0.25) is 5.91 Å². The third kappa shape index (κ3) is 4.46. The van der Waals surface area contributed by atoms with E-state index in [-0.39, 0.29) is 17.4 Å². The zero-order valence-corrected chi connectivity index (χ0v) is 25.8. The van der Waals surface area contributed by atoms with Gasteiger partial charge in [-0.3, -0.25) is 9.59 Å². The maximum atomic E-state index is 14.6. The number of piperazine rings is 1. The number of nitrogens with two attached hydrogens (primary N) is 1. The standard InChI is InChI=1S/C33H39N5O5S/c1-43-23-10-12-24-26(14-23)27-15-33(27,32(40)37-16-21-8-9-22(17-37)35-21)18-38-28-13-20(31(39)36-44(34,41)42)7-11-25(28)29(30(24)38)19-5-3-2-4-6-19/h7,10-14,19,21-22,27,35H,2-6,8-9,15-18H2,1H3,(H,36,39)(H2,34,41,42). The fourth-order valence-corrected chi connectivity index (χ4v) is 9.26. The Morgan fingerprint density at radius 3 is 2.48 bits per heavy atom. The van der Waals surface area contributed by atoms with E-state index in [2.05, 4.69) is 26.9 Å². The highest BCUT2D eigenvalue weighted by Crippen LogP contribution is 2.66. The summed E-state index contributed by atoms with van der Waals surface area (Å²) in [6, 6.07) is 12.4. The van der Waals surface area contributed by atoms with Crippen molar-refractivity contribution in [1.29, 1.82) is 0 Å². The minimum Gasteiger partial charge on any atom is -0.497 e. The maximum absolute atomic E-state index is 14.6. The van der Waals surface area contributed by atoms with Crippen LogP contribution < -0.4 is 19.9 Å². The van der Waals surface area contributed by atoms with Crippen molar-refractivity contribution in [3.8, 4) is 17.0 Å². The molecular weight excluding hydrogens is 578 g/mol. The Hall–Kier alpha value is -3.41. The molecular formula is C33H39N5O5S. The molecule has 0 radical (unpaired) electrons. The molecule has 44 heavy (non-hydrogen) atoms. The number of methoxy groups -OCH3 is 1. The molecule has 4 N–H and O–H groups in total. The molecule has 5 aliphatic rings. The third-order valence-corrected chi connectivity index (χ3v) is 11.4. The van der Waals surface area contributed by atoms with E-state index < -0.39 is 21.5 Å². The number of carbonyl (C=O) groups excluding carboxylic acids is 2. The molecule has 3 aromatic rings. The number of rotatable bonds is 5. The van der Waals surface area contributed by atoms with E-state index >= 15 is 0 Å². The SMILES string of the molecule is COc1ccc2c(c1)C1CC1(C(=O)N1CC3CCC(C1)N3)Cn1c-2c(C2CCCCC2)c2ccc(C(=O)NS(N)(=O)=O)cc21. The molecule has 10 nitrogen and oxygen atoms in total. The largest absolute Gasteiger partial charge is 0.497 e. The monoisotopic (exact) mass is 617 g/mol. The average molecular weight is 618 g/mol. The average Bonchev–Trinajstić information content (AvgIpc) is 3.56. The number of hydrogen-bond acceptors (Lipinski definition) is 6. The summed E-state index contributed by atoms with van der Waals surface area (Å²) in [5, 5.41) is 9.86. The first-order valence-electron chi connectivity index (χ1n) is 15.9. The number of carbonyl (C=O) groups is 2. The van der Waals surface area contributed by atoms with E-state index in [1.54, 1.807) is 19.2 Å². The van der Waals surface area contributed by atoms with Crippen LogP contribution >= 0.6 is 0 Å². The lowest BCUT2D eigenvalue weighted by atomic mass is 9.81. The second-order valence-corrected chi connectivity index (χ2v) is 14.9. The summed E-state index contributed by atoms with van der Waals surface area (Å²) >= 11 is 0. The highest BCUT2D eigenvalue weighted by Gasteiger charge is 2.64. The predicted molar refractivity (Wildman–Crippen MR) is 167 cm³/mol. The number of nitrogens with zero attached hydrogens (tertiary/aromatic N) is 2. The molecule has 2 bridgehead atoms. The maximum Gasteiger partial charge on any atom is 0.298 e. The molecule has 4 unspecified atom stereocenters. The summed E-state index contributed by atoms with van der Waals surface area (Å²) in [4.78, 5) is 29.7. The molecule has 2 aromatic carbocycles. The van der Waals surface area contributed by atoms with Crippen LogP contribution in [0.15, 0.2) is 36.4 Å². The smallest absolute Gasteiger partial charge is 0.298 e. The Kier molecular flexibility index (Phi) is 6.42. The van der Waals surface area contributed by atoms with Crippen LogP contribution in [0, 0.1) is 5.41 Å². The molecule has 2 aliphatic carbocycles. The lowest BCUT2D eigenvalue weighted by molar-refractivity contribution is -0.139. The first-order valence-corrected chi connectivity index (χ1v) is 17.4.